The maximum absolute atomic E-state index is 11.2. The fraction of sp³-hybridized carbons (Fsp3) is 0.318. The first kappa shape index (κ1) is 21.0. The number of aromatic nitrogens is 3. The molecule has 3 aromatic rings. The summed E-state index contributed by atoms with van der Waals surface area (Å²) in [5.74, 6) is 1.28. The molecule has 1 N–H and O–H groups in total. The molecule has 9 heteroatoms. The number of para-hydroxylation sites is 1. The van der Waals surface area contributed by atoms with E-state index in [2.05, 4.69) is 27.4 Å². The number of nitro groups is 1. The zero-order chi connectivity index (χ0) is 21.6. The molecule has 0 spiro atoms. The highest BCUT2D eigenvalue weighted by molar-refractivity contribution is 7.99. The highest BCUT2D eigenvalue weighted by Gasteiger charge is 2.26. The Balaban J connectivity index is 1.65. The monoisotopic (exact) mass is 437 g/mol. The van der Waals surface area contributed by atoms with Gasteiger partial charge in [-0.2, -0.15) is 4.98 Å². The van der Waals surface area contributed by atoms with Gasteiger partial charge in [-0.25, -0.2) is 0 Å². The van der Waals surface area contributed by atoms with Crippen molar-refractivity contribution in [3.63, 3.8) is 0 Å². The summed E-state index contributed by atoms with van der Waals surface area (Å²) >= 11 is 1.56. The zero-order valence-electron chi connectivity index (χ0n) is 17.2. The highest BCUT2D eigenvalue weighted by atomic mass is 32.2. The van der Waals surface area contributed by atoms with Crippen molar-refractivity contribution in [2.45, 2.75) is 44.0 Å². The first-order valence-electron chi connectivity index (χ1n) is 10.3. The van der Waals surface area contributed by atoms with Crippen LogP contribution in [0.15, 0.2) is 53.7 Å². The van der Waals surface area contributed by atoms with Gasteiger partial charge in [0.1, 0.15) is 0 Å². The van der Waals surface area contributed by atoms with Gasteiger partial charge in [-0.3, -0.25) is 10.1 Å². The molecule has 0 aliphatic carbocycles. The molecule has 160 valence electrons. The van der Waals surface area contributed by atoms with Crippen molar-refractivity contribution in [3.8, 4) is 17.1 Å². The number of benzene rings is 2. The van der Waals surface area contributed by atoms with Crippen LogP contribution in [0, 0.1) is 10.1 Å². The molecular weight excluding hydrogens is 414 g/mol. The fourth-order valence-electron chi connectivity index (χ4n) is 3.35. The number of non-ortho nitro benzene ring substituents is 1. The largest absolute Gasteiger partial charge is 0.448 e. The summed E-state index contributed by atoms with van der Waals surface area (Å²) in [7, 11) is 0. The summed E-state index contributed by atoms with van der Waals surface area (Å²) < 4.78 is 6.19. The normalized spacial score (nSPS) is 14.5. The van der Waals surface area contributed by atoms with Crippen LogP contribution < -0.4 is 10.1 Å². The zero-order valence-corrected chi connectivity index (χ0v) is 18.0. The van der Waals surface area contributed by atoms with Gasteiger partial charge in [0.2, 0.25) is 11.0 Å². The second-order valence-corrected chi connectivity index (χ2v) is 8.26. The van der Waals surface area contributed by atoms with Gasteiger partial charge < -0.3 is 10.1 Å². The highest BCUT2D eigenvalue weighted by Crippen LogP contribution is 2.39. The minimum Gasteiger partial charge on any atom is -0.448 e. The number of nitro benzene ring substituents is 1. The molecule has 2 heterocycles. The lowest BCUT2D eigenvalue weighted by atomic mass is 10.1. The van der Waals surface area contributed by atoms with Crippen LogP contribution in [0.2, 0.25) is 0 Å². The van der Waals surface area contributed by atoms with Crippen LogP contribution in [0.5, 0.6) is 5.88 Å². The SMILES string of the molecule is CCCCCCSc1nnc2c(n1)OC(c1cccc([N+](=O)[O-])c1)Nc1ccccc1-2. The Labute approximate surface area is 184 Å². The van der Waals surface area contributed by atoms with E-state index in [-0.39, 0.29) is 5.69 Å². The van der Waals surface area contributed by atoms with Gasteiger partial charge >= 0.3 is 0 Å². The summed E-state index contributed by atoms with van der Waals surface area (Å²) in [6, 6.07) is 14.0. The van der Waals surface area contributed by atoms with Crippen molar-refractivity contribution in [3.05, 3.63) is 64.2 Å². The molecule has 0 radical (unpaired) electrons. The van der Waals surface area contributed by atoms with E-state index in [0.717, 1.165) is 23.4 Å². The number of ether oxygens (including phenoxy) is 1. The van der Waals surface area contributed by atoms with Gasteiger partial charge in [0.25, 0.3) is 5.69 Å². The van der Waals surface area contributed by atoms with Crippen LogP contribution >= 0.6 is 11.8 Å². The molecule has 31 heavy (non-hydrogen) atoms. The van der Waals surface area contributed by atoms with Crippen molar-refractivity contribution in [1.29, 1.82) is 0 Å². The average Bonchev–Trinajstić information content (AvgIpc) is 2.95. The van der Waals surface area contributed by atoms with E-state index in [1.807, 2.05) is 24.3 Å². The smallest absolute Gasteiger partial charge is 0.269 e. The van der Waals surface area contributed by atoms with Gasteiger partial charge in [0.05, 0.1) is 4.92 Å². The third-order valence-corrected chi connectivity index (χ3v) is 5.87. The Hall–Kier alpha value is -3.20. The van der Waals surface area contributed by atoms with Gasteiger partial charge in [-0.15, -0.1) is 10.2 Å². The number of nitrogens with zero attached hydrogens (tertiary/aromatic N) is 4. The lowest BCUT2D eigenvalue weighted by Gasteiger charge is -2.19. The predicted octanol–water partition coefficient (Wildman–Crippen LogP) is 5.62. The third kappa shape index (κ3) is 4.93. The number of anilines is 1. The van der Waals surface area contributed by atoms with Gasteiger partial charge in [0.15, 0.2) is 11.9 Å². The Morgan fingerprint density at radius 2 is 2.00 bits per heavy atom. The Morgan fingerprint density at radius 3 is 2.84 bits per heavy atom. The molecule has 1 aliphatic rings. The van der Waals surface area contributed by atoms with Crippen LogP contribution in [0.3, 0.4) is 0 Å². The lowest BCUT2D eigenvalue weighted by molar-refractivity contribution is -0.385. The number of thioether (sulfide) groups is 1. The number of hydrogen-bond acceptors (Lipinski definition) is 8. The summed E-state index contributed by atoms with van der Waals surface area (Å²) in [5.41, 5.74) is 2.80. The first-order valence-corrected chi connectivity index (χ1v) is 11.3. The molecule has 1 unspecified atom stereocenters. The van der Waals surface area contributed by atoms with Gasteiger partial charge in [-0.1, -0.05) is 68.3 Å². The van der Waals surface area contributed by atoms with Crippen molar-refractivity contribution in [2.24, 2.45) is 0 Å². The molecule has 2 aromatic carbocycles. The molecule has 0 saturated carbocycles. The van der Waals surface area contributed by atoms with Crippen molar-refractivity contribution in [2.75, 3.05) is 11.1 Å². The van der Waals surface area contributed by atoms with Gasteiger partial charge in [0, 0.05) is 34.7 Å². The molecule has 0 fully saturated rings. The van der Waals surface area contributed by atoms with Crippen molar-refractivity contribution < 1.29 is 9.66 Å². The molecule has 0 saturated heterocycles. The number of nitrogens with one attached hydrogen (secondary N) is 1. The number of fused-ring (bicyclic) bond motifs is 3. The maximum Gasteiger partial charge on any atom is 0.269 e. The fourth-order valence-corrected chi connectivity index (χ4v) is 4.13. The number of unbranched alkanes of at least 4 members (excludes halogenated alkanes) is 3. The van der Waals surface area contributed by atoms with Crippen LogP contribution in [0.4, 0.5) is 11.4 Å². The first-order chi connectivity index (χ1) is 15.2. The van der Waals surface area contributed by atoms with Crippen LogP contribution in [-0.2, 0) is 0 Å². The lowest BCUT2D eigenvalue weighted by Crippen LogP contribution is -2.17. The van der Waals surface area contributed by atoms with E-state index < -0.39 is 11.2 Å². The van der Waals surface area contributed by atoms with Crippen LogP contribution in [0.1, 0.15) is 44.4 Å². The van der Waals surface area contributed by atoms with Gasteiger partial charge in [-0.05, 0) is 12.5 Å². The minimum absolute atomic E-state index is 0.00444. The van der Waals surface area contributed by atoms with E-state index >= 15 is 0 Å². The molecular formula is C22H23N5O3S. The third-order valence-electron chi connectivity index (χ3n) is 4.95. The minimum atomic E-state index is -0.651. The molecule has 1 aromatic heterocycles. The molecule has 1 atom stereocenters. The van der Waals surface area contributed by atoms with E-state index in [1.54, 1.807) is 23.9 Å². The maximum atomic E-state index is 11.2. The second kappa shape index (κ2) is 9.74. The average molecular weight is 438 g/mol. The van der Waals surface area contributed by atoms with E-state index in [1.165, 1.54) is 31.4 Å². The van der Waals surface area contributed by atoms with E-state index in [9.17, 15) is 10.1 Å². The molecule has 4 rings (SSSR count). The molecule has 1 aliphatic heterocycles. The standard InChI is InChI=1S/C22H23N5O3S/c1-2-3-4-7-13-31-22-24-21-19(25-26-22)17-11-5-6-12-18(17)23-20(30-21)15-9-8-10-16(14-15)27(28)29/h5-6,8-12,14,20,23H,2-4,7,13H2,1H3. The van der Waals surface area contributed by atoms with Crippen molar-refractivity contribution in [1.82, 2.24) is 15.2 Å². The Bertz CT molecular complexity index is 1080. The van der Waals surface area contributed by atoms with Crippen LogP contribution in [0.25, 0.3) is 11.3 Å². The summed E-state index contributed by atoms with van der Waals surface area (Å²) in [5, 5.41) is 23.8. The number of hydrogen-bond donors (Lipinski definition) is 1. The molecule has 8 nitrogen and oxygen atoms in total. The Kier molecular flexibility index (Phi) is 6.61. The van der Waals surface area contributed by atoms with E-state index in [0.29, 0.717) is 22.3 Å². The Morgan fingerprint density at radius 1 is 1.13 bits per heavy atom. The quantitative estimate of drug-likeness (QED) is 0.209. The summed E-state index contributed by atoms with van der Waals surface area (Å²) in [6.07, 6.45) is 4.05. The second-order valence-electron chi connectivity index (χ2n) is 7.20. The van der Waals surface area contributed by atoms with Crippen molar-refractivity contribution >= 4 is 23.1 Å². The molecule has 0 bridgehead atoms. The molecule has 0 amide bonds. The van der Waals surface area contributed by atoms with Crippen LogP contribution in [-0.4, -0.2) is 25.9 Å². The summed E-state index contributed by atoms with van der Waals surface area (Å²) in [4.78, 5) is 15.4. The summed E-state index contributed by atoms with van der Waals surface area (Å²) in [6.45, 7) is 2.19. The van der Waals surface area contributed by atoms with E-state index in [4.69, 9.17) is 4.74 Å². The number of rotatable bonds is 8. The predicted molar refractivity (Wildman–Crippen MR) is 120 cm³/mol. The topological polar surface area (TPSA) is 103 Å².